The SMILES string of the molecule is C[C@@H]1CCCC[C@@H]1NC(=O)NC(=O)COc1ccccc1[N+](=O)[O-]. The maximum Gasteiger partial charge on any atom is 0.321 e. The monoisotopic (exact) mass is 335 g/mol. The third kappa shape index (κ3) is 4.94. The van der Waals surface area contributed by atoms with Gasteiger partial charge in [0.05, 0.1) is 4.92 Å². The van der Waals surface area contributed by atoms with Crippen molar-refractivity contribution in [3.05, 3.63) is 34.4 Å². The van der Waals surface area contributed by atoms with E-state index in [0.717, 1.165) is 25.7 Å². The fraction of sp³-hybridized carbons (Fsp3) is 0.500. The molecule has 1 aliphatic rings. The number of ether oxygens (including phenoxy) is 1. The maximum absolute atomic E-state index is 11.8. The molecule has 0 unspecified atom stereocenters. The minimum Gasteiger partial charge on any atom is -0.477 e. The zero-order chi connectivity index (χ0) is 17.5. The van der Waals surface area contributed by atoms with Crippen molar-refractivity contribution in [3.63, 3.8) is 0 Å². The number of hydrogen-bond acceptors (Lipinski definition) is 5. The van der Waals surface area contributed by atoms with Crippen molar-refractivity contribution < 1.29 is 19.2 Å². The van der Waals surface area contributed by atoms with Crippen molar-refractivity contribution in [1.29, 1.82) is 0 Å². The number of amides is 3. The number of nitro groups is 1. The van der Waals surface area contributed by atoms with Crippen molar-refractivity contribution in [2.75, 3.05) is 6.61 Å². The Morgan fingerprint density at radius 2 is 2.00 bits per heavy atom. The second-order valence-electron chi connectivity index (χ2n) is 5.90. The molecule has 0 aliphatic heterocycles. The summed E-state index contributed by atoms with van der Waals surface area (Å²) in [5.41, 5.74) is -0.231. The largest absolute Gasteiger partial charge is 0.477 e. The Morgan fingerprint density at radius 1 is 1.29 bits per heavy atom. The van der Waals surface area contributed by atoms with E-state index in [1.165, 1.54) is 18.2 Å². The molecule has 1 saturated carbocycles. The summed E-state index contributed by atoms with van der Waals surface area (Å²) in [6, 6.07) is 5.24. The summed E-state index contributed by atoms with van der Waals surface area (Å²) in [4.78, 5) is 33.9. The molecule has 24 heavy (non-hydrogen) atoms. The summed E-state index contributed by atoms with van der Waals surface area (Å²) < 4.78 is 5.14. The first-order valence-corrected chi connectivity index (χ1v) is 7.94. The average Bonchev–Trinajstić information content (AvgIpc) is 2.55. The van der Waals surface area contributed by atoms with Gasteiger partial charge in [0.25, 0.3) is 5.91 Å². The summed E-state index contributed by atoms with van der Waals surface area (Å²) in [6.45, 7) is 1.60. The standard InChI is InChI=1S/C16H21N3O5/c1-11-6-2-3-7-12(11)17-16(21)18-15(20)10-24-14-9-5-4-8-13(14)19(22)23/h4-5,8-9,11-12H,2-3,6-7,10H2,1H3,(H2,17,18,20,21)/t11-,12+/m1/s1. The molecular formula is C16H21N3O5. The molecule has 8 heteroatoms. The van der Waals surface area contributed by atoms with Gasteiger partial charge in [-0.2, -0.15) is 0 Å². The number of urea groups is 1. The van der Waals surface area contributed by atoms with Gasteiger partial charge < -0.3 is 10.1 Å². The number of carbonyl (C=O) groups is 2. The molecule has 1 fully saturated rings. The van der Waals surface area contributed by atoms with E-state index in [2.05, 4.69) is 17.6 Å². The molecule has 0 radical (unpaired) electrons. The van der Waals surface area contributed by atoms with Crippen LogP contribution in [-0.4, -0.2) is 29.5 Å². The van der Waals surface area contributed by atoms with Crippen molar-refractivity contribution in [2.24, 2.45) is 5.92 Å². The van der Waals surface area contributed by atoms with Crippen molar-refractivity contribution in [3.8, 4) is 5.75 Å². The summed E-state index contributed by atoms with van der Waals surface area (Å²) in [7, 11) is 0. The second-order valence-corrected chi connectivity index (χ2v) is 5.90. The van der Waals surface area contributed by atoms with E-state index < -0.39 is 23.5 Å². The number of rotatable bonds is 5. The molecule has 2 rings (SSSR count). The Labute approximate surface area is 139 Å². The van der Waals surface area contributed by atoms with Crippen LogP contribution in [0.25, 0.3) is 0 Å². The van der Waals surface area contributed by atoms with E-state index in [-0.39, 0.29) is 17.5 Å². The quantitative estimate of drug-likeness (QED) is 0.634. The summed E-state index contributed by atoms with van der Waals surface area (Å²) in [6.07, 6.45) is 4.17. The van der Waals surface area contributed by atoms with Gasteiger partial charge in [-0.05, 0) is 24.8 Å². The number of nitrogens with one attached hydrogen (secondary N) is 2. The van der Waals surface area contributed by atoms with Crippen LogP contribution < -0.4 is 15.4 Å². The molecule has 8 nitrogen and oxygen atoms in total. The highest BCUT2D eigenvalue weighted by Gasteiger charge is 2.23. The lowest BCUT2D eigenvalue weighted by atomic mass is 9.86. The fourth-order valence-electron chi connectivity index (χ4n) is 2.77. The van der Waals surface area contributed by atoms with Gasteiger partial charge in [0, 0.05) is 12.1 Å². The van der Waals surface area contributed by atoms with Gasteiger partial charge in [0.2, 0.25) is 0 Å². The Kier molecular flexibility index (Phi) is 6.11. The number of para-hydroxylation sites is 2. The number of nitro benzene ring substituents is 1. The first kappa shape index (κ1) is 17.7. The van der Waals surface area contributed by atoms with Crippen molar-refractivity contribution >= 4 is 17.6 Å². The van der Waals surface area contributed by atoms with Crippen molar-refractivity contribution in [2.45, 2.75) is 38.6 Å². The summed E-state index contributed by atoms with van der Waals surface area (Å²) in [5.74, 6) is -0.295. The number of benzene rings is 1. The van der Waals surface area contributed by atoms with Crippen LogP contribution in [0, 0.1) is 16.0 Å². The van der Waals surface area contributed by atoms with Crippen LogP contribution in [0.2, 0.25) is 0 Å². The molecule has 1 aromatic rings. The smallest absolute Gasteiger partial charge is 0.321 e. The fourth-order valence-corrected chi connectivity index (χ4v) is 2.77. The molecule has 0 bridgehead atoms. The highest BCUT2D eigenvalue weighted by atomic mass is 16.6. The molecule has 130 valence electrons. The number of nitrogens with zero attached hydrogens (tertiary/aromatic N) is 1. The number of imide groups is 1. The van der Waals surface area contributed by atoms with Crippen LogP contribution in [-0.2, 0) is 4.79 Å². The first-order chi connectivity index (χ1) is 11.5. The molecule has 3 amide bonds. The van der Waals surface area contributed by atoms with Gasteiger partial charge >= 0.3 is 11.7 Å². The molecular weight excluding hydrogens is 314 g/mol. The molecule has 0 heterocycles. The Hall–Kier alpha value is -2.64. The van der Waals surface area contributed by atoms with Gasteiger partial charge in [-0.3, -0.25) is 20.2 Å². The van der Waals surface area contributed by atoms with Gasteiger partial charge in [-0.25, -0.2) is 4.79 Å². The average molecular weight is 335 g/mol. The summed E-state index contributed by atoms with van der Waals surface area (Å²) >= 11 is 0. The number of carbonyl (C=O) groups excluding carboxylic acids is 2. The molecule has 0 spiro atoms. The van der Waals surface area contributed by atoms with E-state index in [1.54, 1.807) is 6.07 Å². The third-order valence-corrected chi connectivity index (χ3v) is 4.10. The van der Waals surface area contributed by atoms with E-state index in [0.29, 0.717) is 5.92 Å². The van der Waals surface area contributed by atoms with E-state index in [4.69, 9.17) is 4.74 Å². The Balaban J connectivity index is 1.81. The van der Waals surface area contributed by atoms with Gasteiger partial charge in [-0.15, -0.1) is 0 Å². The normalized spacial score (nSPS) is 20.0. The highest BCUT2D eigenvalue weighted by Crippen LogP contribution is 2.25. The molecule has 0 saturated heterocycles. The van der Waals surface area contributed by atoms with E-state index in [1.807, 2.05) is 0 Å². The molecule has 2 N–H and O–H groups in total. The van der Waals surface area contributed by atoms with Crippen LogP contribution in [0.1, 0.15) is 32.6 Å². The zero-order valence-electron chi connectivity index (χ0n) is 13.5. The first-order valence-electron chi connectivity index (χ1n) is 7.94. The lowest BCUT2D eigenvalue weighted by Crippen LogP contribution is -2.48. The zero-order valence-corrected chi connectivity index (χ0v) is 13.5. The van der Waals surface area contributed by atoms with Crippen LogP contribution in [0.5, 0.6) is 5.75 Å². The molecule has 0 aromatic heterocycles. The molecule has 2 atom stereocenters. The topological polar surface area (TPSA) is 111 Å². The Bertz CT molecular complexity index is 619. The third-order valence-electron chi connectivity index (χ3n) is 4.10. The van der Waals surface area contributed by atoms with E-state index >= 15 is 0 Å². The lowest BCUT2D eigenvalue weighted by molar-refractivity contribution is -0.385. The highest BCUT2D eigenvalue weighted by molar-refractivity contribution is 5.95. The predicted molar refractivity (Wildman–Crippen MR) is 86.7 cm³/mol. The minimum absolute atomic E-state index is 0.0149. The second kappa shape index (κ2) is 8.28. The molecule has 1 aliphatic carbocycles. The minimum atomic E-state index is -0.658. The summed E-state index contributed by atoms with van der Waals surface area (Å²) in [5, 5.41) is 15.8. The lowest BCUT2D eigenvalue weighted by Gasteiger charge is -2.29. The molecule has 1 aromatic carbocycles. The Morgan fingerprint density at radius 3 is 2.71 bits per heavy atom. The van der Waals surface area contributed by atoms with Gasteiger partial charge in [-0.1, -0.05) is 31.9 Å². The van der Waals surface area contributed by atoms with Crippen LogP contribution >= 0.6 is 0 Å². The predicted octanol–water partition coefficient (Wildman–Crippen LogP) is 2.38. The van der Waals surface area contributed by atoms with E-state index in [9.17, 15) is 19.7 Å². The number of hydrogen-bond donors (Lipinski definition) is 2. The van der Waals surface area contributed by atoms with Crippen LogP contribution in [0.15, 0.2) is 24.3 Å². The van der Waals surface area contributed by atoms with Gasteiger partial charge in [0.1, 0.15) is 0 Å². The van der Waals surface area contributed by atoms with Crippen molar-refractivity contribution in [1.82, 2.24) is 10.6 Å². The van der Waals surface area contributed by atoms with Crippen LogP contribution in [0.3, 0.4) is 0 Å². The maximum atomic E-state index is 11.8. The van der Waals surface area contributed by atoms with Crippen LogP contribution in [0.4, 0.5) is 10.5 Å². The van der Waals surface area contributed by atoms with Gasteiger partial charge in [0.15, 0.2) is 12.4 Å².